The highest BCUT2D eigenvalue weighted by atomic mass is 35.5. The Morgan fingerprint density at radius 3 is 2.76 bits per heavy atom. The third-order valence-corrected chi connectivity index (χ3v) is 4.37. The van der Waals surface area contributed by atoms with Crippen molar-refractivity contribution in [2.24, 2.45) is 0 Å². The van der Waals surface area contributed by atoms with E-state index in [4.69, 9.17) is 16.6 Å². The Morgan fingerprint density at radius 1 is 1.14 bits per heavy atom. The minimum atomic E-state index is 0.721. The summed E-state index contributed by atoms with van der Waals surface area (Å²) in [6.45, 7) is 4.05. The maximum absolute atomic E-state index is 6.12. The highest BCUT2D eigenvalue weighted by Crippen LogP contribution is 2.31. The summed E-state index contributed by atoms with van der Waals surface area (Å²) in [6.07, 6.45) is 1.93. The van der Waals surface area contributed by atoms with Crippen LogP contribution >= 0.6 is 11.6 Å². The van der Waals surface area contributed by atoms with Gasteiger partial charge in [0, 0.05) is 48.2 Å². The number of hydrogen-bond acceptors (Lipinski definition) is 4. The molecule has 1 fully saturated rings. The van der Waals surface area contributed by atoms with Crippen molar-refractivity contribution in [2.45, 2.75) is 0 Å². The smallest absolute Gasteiger partial charge is 0.157 e. The quantitative estimate of drug-likeness (QED) is 0.750. The van der Waals surface area contributed by atoms with Crippen LogP contribution in [0.3, 0.4) is 0 Å². The molecule has 0 atom stereocenters. The van der Waals surface area contributed by atoms with Gasteiger partial charge in [0.15, 0.2) is 5.82 Å². The molecule has 108 valence electrons. The Bertz CT molecular complexity index is 804. The van der Waals surface area contributed by atoms with Gasteiger partial charge in [-0.3, -0.25) is 5.10 Å². The van der Waals surface area contributed by atoms with E-state index in [9.17, 15) is 0 Å². The highest BCUT2D eigenvalue weighted by Gasteiger charge is 2.20. The monoisotopic (exact) mass is 301 g/mol. The normalized spacial score (nSPS) is 17.0. The van der Waals surface area contributed by atoms with Crippen LogP contribution in [0.15, 0.2) is 24.4 Å². The third kappa shape index (κ3) is 2.13. The van der Waals surface area contributed by atoms with Crippen LogP contribution in [0.25, 0.3) is 21.8 Å². The second-order valence-electron chi connectivity index (χ2n) is 5.53. The molecule has 3 aromatic rings. The number of pyridine rings is 1. The summed E-state index contributed by atoms with van der Waals surface area (Å²) < 4.78 is 0. The first kappa shape index (κ1) is 12.9. The van der Waals surface area contributed by atoms with Crippen LogP contribution in [-0.2, 0) is 0 Å². The number of hydrogen-bond donors (Lipinski definition) is 1. The van der Waals surface area contributed by atoms with Crippen molar-refractivity contribution >= 4 is 39.2 Å². The lowest BCUT2D eigenvalue weighted by Crippen LogP contribution is -2.44. The highest BCUT2D eigenvalue weighted by molar-refractivity contribution is 6.31. The van der Waals surface area contributed by atoms with Gasteiger partial charge in [-0.05, 0) is 25.2 Å². The number of anilines is 1. The summed E-state index contributed by atoms with van der Waals surface area (Å²) in [4.78, 5) is 9.48. The summed E-state index contributed by atoms with van der Waals surface area (Å²) in [6, 6.07) is 5.82. The summed E-state index contributed by atoms with van der Waals surface area (Å²) in [5.74, 6) is 0.967. The summed E-state index contributed by atoms with van der Waals surface area (Å²) in [5.41, 5.74) is 1.89. The van der Waals surface area contributed by atoms with Gasteiger partial charge in [-0.15, -0.1) is 0 Å². The molecule has 2 aromatic heterocycles. The lowest BCUT2D eigenvalue weighted by Gasteiger charge is -2.33. The molecule has 21 heavy (non-hydrogen) atoms. The fourth-order valence-electron chi connectivity index (χ4n) is 2.89. The molecule has 1 saturated heterocycles. The number of aromatic nitrogens is 3. The molecule has 0 bridgehead atoms. The van der Waals surface area contributed by atoms with E-state index in [-0.39, 0.29) is 0 Å². The van der Waals surface area contributed by atoms with E-state index in [1.165, 1.54) is 0 Å². The fourth-order valence-corrected chi connectivity index (χ4v) is 3.07. The van der Waals surface area contributed by atoms with E-state index in [0.717, 1.165) is 58.8 Å². The van der Waals surface area contributed by atoms with Crippen LogP contribution in [0.1, 0.15) is 0 Å². The van der Waals surface area contributed by atoms with Gasteiger partial charge in [0.1, 0.15) is 5.52 Å². The first-order chi connectivity index (χ1) is 10.2. The van der Waals surface area contributed by atoms with Crippen LogP contribution in [-0.4, -0.2) is 53.3 Å². The summed E-state index contributed by atoms with van der Waals surface area (Å²) in [7, 11) is 2.15. The predicted molar refractivity (Wildman–Crippen MR) is 86.1 cm³/mol. The SMILES string of the molecule is CN1CCN(c2nc3ccc(Cl)cc3c3c[nH]nc23)CC1. The Labute approximate surface area is 127 Å². The molecule has 6 heteroatoms. The van der Waals surface area contributed by atoms with Gasteiger partial charge in [-0.2, -0.15) is 5.10 Å². The minimum absolute atomic E-state index is 0.721. The molecule has 0 amide bonds. The number of nitrogens with zero attached hydrogens (tertiary/aromatic N) is 4. The Morgan fingerprint density at radius 2 is 1.95 bits per heavy atom. The number of H-pyrrole nitrogens is 1. The van der Waals surface area contributed by atoms with Crippen molar-refractivity contribution in [1.82, 2.24) is 20.1 Å². The van der Waals surface area contributed by atoms with Crippen LogP contribution < -0.4 is 4.90 Å². The van der Waals surface area contributed by atoms with Gasteiger partial charge in [0.05, 0.1) is 5.52 Å². The Kier molecular flexibility index (Phi) is 2.97. The third-order valence-electron chi connectivity index (χ3n) is 4.13. The van der Waals surface area contributed by atoms with Gasteiger partial charge >= 0.3 is 0 Å². The van der Waals surface area contributed by atoms with Crippen molar-refractivity contribution in [2.75, 3.05) is 38.1 Å². The average molecular weight is 302 g/mol. The zero-order chi connectivity index (χ0) is 14.4. The number of halogens is 1. The van der Waals surface area contributed by atoms with Crippen LogP contribution in [0.2, 0.25) is 5.02 Å². The molecule has 0 saturated carbocycles. The maximum Gasteiger partial charge on any atom is 0.157 e. The van der Waals surface area contributed by atoms with Gasteiger partial charge in [0.2, 0.25) is 0 Å². The fraction of sp³-hybridized carbons (Fsp3) is 0.333. The molecule has 0 radical (unpaired) electrons. The van der Waals surface area contributed by atoms with Crippen molar-refractivity contribution in [3.05, 3.63) is 29.4 Å². The van der Waals surface area contributed by atoms with Gasteiger partial charge < -0.3 is 9.80 Å². The van der Waals surface area contributed by atoms with Crippen molar-refractivity contribution < 1.29 is 0 Å². The average Bonchev–Trinajstić information content (AvgIpc) is 2.97. The largest absolute Gasteiger partial charge is 0.352 e. The molecule has 1 aromatic carbocycles. The number of fused-ring (bicyclic) bond motifs is 3. The topological polar surface area (TPSA) is 48.0 Å². The van der Waals surface area contributed by atoms with Crippen molar-refractivity contribution in [3.8, 4) is 0 Å². The number of nitrogens with one attached hydrogen (secondary N) is 1. The molecule has 4 rings (SSSR count). The van der Waals surface area contributed by atoms with E-state index < -0.39 is 0 Å². The molecular formula is C15H16ClN5. The zero-order valence-corrected chi connectivity index (χ0v) is 12.6. The number of piperazine rings is 1. The van der Waals surface area contributed by atoms with Gasteiger partial charge in [-0.1, -0.05) is 11.6 Å². The molecule has 0 spiro atoms. The molecule has 3 heterocycles. The number of likely N-dealkylation sites (N-methyl/N-ethyl adjacent to an activating group) is 1. The van der Waals surface area contributed by atoms with Gasteiger partial charge in [0.25, 0.3) is 0 Å². The molecule has 1 N–H and O–H groups in total. The van der Waals surface area contributed by atoms with Crippen LogP contribution in [0, 0.1) is 0 Å². The van der Waals surface area contributed by atoms with E-state index in [0.29, 0.717) is 0 Å². The number of benzene rings is 1. The van der Waals surface area contributed by atoms with E-state index in [1.807, 2.05) is 24.4 Å². The van der Waals surface area contributed by atoms with E-state index >= 15 is 0 Å². The second-order valence-corrected chi connectivity index (χ2v) is 5.97. The minimum Gasteiger partial charge on any atom is -0.352 e. The predicted octanol–water partition coefficient (Wildman–Crippen LogP) is 2.52. The summed E-state index contributed by atoms with van der Waals surface area (Å²) in [5, 5.41) is 10.2. The Balaban J connectivity index is 1.91. The van der Waals surface area contributed by atoms with Gasteiger partial charge in [-0.25, -0.2) is 4.98 Å². The first-order valence-corrected chi connectivity index (χ1v) is 7.46. The van der Waals surface area contributed by atoms with Crippen LogP contribution in [0.4, 0.5) is 5.82 Å². The van der Waals surface area contributed by atoms with Crippen molar-refractivity contribution in [1.29, 1.82) is 0 Å². The molecule has 1 aliphatic rings. The molecular weight excluding hydrogens is 286 g/mol. The Hall–Kier alpha value is -1.85. The zero-order valence-electron chi connectivity index (χ0n) is 11.8. The maximum atomic E-state index is 6.12. The van der Waals surface area contributed by atoms with Crippen molar-refractivity contribution in [3.63, 3.8) is 0 Å². The van der Waals surface area contributed by atoms with Crippen LogP contribution in [0.5, 0.6) is 0 Å². The number of rotatable bonds is 1. The molecule has 5 nitrogen and oxygen atoms in total. The molecule has 1 aliphatic heterocycles. The van der Waals surface area contributed by atoms with E-state index in [1.54, 1.807) is 0 Å². The number of aromatic amines is 1. The molecule has 0 unspecified atom stereocenters. The standard InChI is InChI=1S/C15H16ClN5/c1-20-4-6-21(7-5-20)15-14-12(9-17-19-14)11-8-10(16)2-3-13(11)18-15/h2-3,8-9H,4-7H2,1H3,(H,17,19). The lowest BCUT2D eigenvalue weighted by molar-refractivity contribution is 0.312. The summed E-state index contributed by atoms with van der Waals surface area (Å²) >= 11 is 6.12. The molecule has 0 aliphatic carbocycles. The second kappa shape index (κ2) is 4.86. The first-order valence-electron chi connectivity index (χ1n) is 7.08. The van der Waals surface area contributed by atoms with E-state index in [2.05, 4.69) is 27.0 Å². The lowest BCUT2D eigenvalue weighted by atomic mass is 10.1.